The zero-order valence-electron chi connectivity index (χ0n) is 14.1. The molecule has 1 aromatic carbocycles. The lowest BCUT2D eigenvalue weighted by atomic mass is 10.1. The van der Waals surface area contributed by atoms with Gasteiger partial charge in [0.1, 0.15) is 0 Å². The summed E-state index contributed by atoms with van der Waals surface area (Å²) in [6.07, 6.45) is 1.08. The molecule has 0 aliphatic carbocycles. The monoisotopic (exact) mass is 305 g/mol. The molecule has 5 nitrogen and oxygen atoms in total. The lowest BCUT2D eigenvalue weighted by Gasteiger charge is -2.34. The van der Waals surface area contributed by atoms with E-state index in [-0.39, 0.29) is 12.0 Å². The number of para-hydroxylation sites is 1. The maximum Gasteiger partial charge on any atom is 0.256 e. The minimum atomic E-state index is 0.0995. The topological polar surface area (TPSA) is 36.0 Å². The number of anilines is 1. The Kier molecular flexibility index (Phi) is 5.80. The summed E-state index contributed by atoms with van der Waals surface area (Å²) in [5.74, 6) is 0.0995. The quantitative estimate of drug-likeness (QED) is 0.827. The zero-order chi connectivity index (χ0) is 16.1. The van der Waals surface area contributed by atoms with E-state index in [0.717, 1.165) is 24.2 Å². The Hall–Kier alpha value is -1.59. The molecule has 0 unspecified atom stereocenters. The Morgan fingerprint density at radius 3 is 2.68 bits per heavy atom. The van der Waals surface area contributed by atoms with Crippen molar-refractivity contribution >= 4 is 11.6 Å². The Morgan fingerprint density at radius 1 is 1.27 bits per heavy atom. The van der Waals surface area contributed by atoms with Crippen LogP contribution in [0.2, 0.25) is 0 Å². The predicted molar refractivity (Wildman–Crippen MR) is 89.6 cm³/mol. The number of morpholine rings is 1. The van der Waals surface area contributed by atoms with E-state index in [1.807, 2.05) is 48.2 Å². The van der Waals surface area contributed by atoms with Crippen molar-refractivity contribution in [3.8, 4) is 0 Å². The molecule has 1 fully saturated rings. The second-order valence-corrected chi connectivity index (χ2v) is 6.25. The zero-order valence-corrected chi connectivity index (χ0v) is 14.1. The summed E-state index contributed by atoms with van der Waals surface area (Å²) in [4.78, 5) is 18.9. The molecule has 22 heavy (non-hydrogen) atoms. The number of benzene rings is 1. The number of hydrogen-bond donors (Lipinski definition) is 0. The van der Waals surface area contributed by atoms with Crippen LogP contribution in [0.25, 0.3) is 0 Å². The van der Waals surface area contributed by atoms with Crippen LogP contribution >= 0.6 is 0 Å². The van der Waals surface area contributed by atoms with E-state index < -0.39 is 0 Å². The summed E-state index contributed by atoms with van der Waals surface area (Å²) in [5.41, 5.74) is 1.73. The molecule has 122 valence electrons. The summed E-state index contributed by atoms with van der Waals surface area (Å²) in [7, 11) is 8.04. The first-order valence-corrected chi connectivity index (χ1v) is 7.81. The summed E-state index contributed by atoms with van der Waals surface area (Å²) in [6, 6.07) is 7.77. The van der Waals surface area contributed by atoms with E-state index in [2.05, 4.69) is 19.0 Å². The van der Waals surface area contributed by atoms with Gasteiger partial charge in [0, 0.05) is 39.4 Å². The van der Waals surface area contributed by atoms with Crippen LogP contribution in [0.1, 0.15) is 16.8 Å². The highest BCUT2D eigenvalue weighted by molar-refractivity contribution is 5.99. The molecule has 5 heteroatoms. The number of carbonyl (C=O) groups excluding carboxylic acids is 1. The standard InChI is InChI=1S/C17H27N3O2/c1-18(2)10-9-14-13-20(11-12-22-14)17(21)15-7-5-6-8-16(15)19(3)4/h5-8,14H,9-13H2,1-4H3/t14-/m0/s1. The third-order valence-electron chi connectivity index (χ3n) is 3.94. The third kappa shape index (κ3) is 4.21. The molecular formula is C17H27N3O2. The van der Waals surface area contributed by atoms with Gasteiger partial charge in [0.05, 0.1) is 18.3 Å². The van der Waals surface area contributed by atoms with Gasteiger partial charge in [-0.25, -0.2) is 0 Å². The fourth-order valence-corrected chi connectivity index (χ4v) is 2.70. The van der Waals surface area contributed by atoms with Crippen LogP contribution < -0.4 is 4.90 Å². The molecule has 0 bridgehead atoms. The van der Waals surface area contributed by atoms with E-state index in [1.54, 1.807) is 0 Å². The average Bonchev–Trinajstić information content (AvgIpc) is 2.52. The van der Waals surface area contributed by atoms with E-state index in [4.69, 9.17) is 4.74 Å². The molecule has 2 rings (SSSR count). The highest BCUT2D eigenvalue weighted by atomic mass is 16.5. The molecular weight excluding hydrogens is 278 g/mol. The summed E-state index contributed by atoms with van der Waals surface area (Å²) < 4.78 is 5.79. The van der Waals surface area contributed by atoms with Crippen molar-refractivity contribution in [1.29, 1.82) is 0 Å². The van der Waals surface area contributed by atoms with E-state index in [1.165, 1.54) is 0 Å². The fourth-order valence-electron chi connectivity index (χ4n) is 2.70. The van der Waals surface area contributed by atoms with Crippen molar-refractivity contribution in [3.63, 3.8) is 0 Å². The van der Waals surface area contributed by atoms with Crippen LogP contribution in [-0.4, -0.2) is 76.2 Å². The Morgan fingerprint density at radius 2 is 2.00 bits per heavy atom. The Labute approximate surface area is 133 Å². The lowest BCUT2D eigenvalue weighted by Crippen LogP contribution is -2.46. The van der Waals surface area contributed by atoms with Gasteiger partial charge in [0.2, 0.25) is 0 Å². The molecule has 1 atom stereocenters. The molecule has 1 aliphatic heterocycles. The molecule has 0 saturated carbocycles. The van der Waals surface area contributed by atoms with Gasteiger partial charge >= 0.3 is 0 Å². The molecule has 0 radical (unpaired) electrons. The average molecular weight is 305 g/mol. The number of ether oxygens (including phenoxy) is 1. The Bertz CT molecular complexity index is 502. The summed E-state index contributed by atoms with van der Waals surface area (Å²) in [5, 5.41) is 0. The van der Waals surface area contributed by atoms with E-state index >= 15 is 0 Å². The van der Waals surface area contributed by atoms with Crippen LogP contribution in [-0.2, 0) is 4.74 Å². The van der Waals surface area contributed by atoms with Gasteiger partial charge in [-0.2, -0.15) is 0 Å². The molecule has 0 spiro atoms. The van der Waals surface area contributed by atoms with Gasteiger partial charge < -0.3 is 19.4 Å². The van der Waals surface area contributed by atoms with Gasteiger partial charge in [-0.3, -0.25) is 4.79 Å². The lowest BCUT2D eigenvalue weighted by molar-refractivity contribution is -0.0269. The summed E-state index contributed by atoms with van der Waals surface area (Å²) >= 11 is 0. The van der Waals surface area contributed by atoms with Crippen molar-refractivity contribution < 1.29 is 9.53 Å². The molecule has 1 amide bonds. The van der Waals surface area contributed by atoms with Gasteiger partial charge in [-0.15, -0.1) is 0 Å². The predicted octanol–water partition coefficient (Wildman–Crippen LogP) is 1.55. The van der Waals surface area contributed by atoms with Crippen molar-refractivity contribution in [2.75, 3.05) is 59.3 Å². The van der Waals surface area contributed by atoms with Gasteiger partial charge in [-0.05, 0) is 32.6 Å². The maximum absolute atomic E-state index is 12.8. The van der Waals surface area contributed by atoms with Crippen LogP contribution in [0.5, 0.6) is 0 Å². The first-order valence-electron chi connectivity index (χ1n) is 7.81. The highest BCUT2D eigenvalue weighted by Gasteiger charge is 2.26. The van der Waals surface area contributed by atoms with E-state index in [0.29, 0.717) is 19.7 Å². The second kappa shape index (κ2) is 7.61. The van der Waals surface area contributed by atoms with Crippen LogP contribution in [0.4, 0.5) is 5.69 Å². The summed E-state index contributed by atoms with van der Waals surface area (Å²) in [6.45, 7) is 2.93. The first-order chi connectivity index (χ1) is 10.5. The normalized spacial score (nSPS) is 18.6. The molecule has 1 aromatic rings. The molecule has 1 aliphatic rings. The molecule has 1 saturated heterocycles. The van der Waals surface area contributed by atoms with Crippen molar-refractivity contribution in [2.24, 2.45) is 0 Å². The molecule has 1 heterocycles. The van der Waals surface area contributed by atoms with Crippen molar-refractivity contribution in [3.05, 3.63) is 29.8 Å². The van der Waals surface area contributed by atoms with Crippen molar-refractivity contribution in [1.82, 2.24) is 9.80 Å². The number of amides is 1. The fraction of sp³-hybridized carbons (Fsp3) is 0.588. The van der Waals surface area contributed by atoms with Gasteiger partial charge in [-0.1, -0.05) is 12.1 Å². The van der Waals surface area contributed by atoms with Crippen LogP contribution in [0, 0.1) is 0 Å². The number of rotatable bonds is 5. The first kappa shape index (κ1) is 16.8. The highest BCUT2D eigenvalue weighted by Crippen LogP contribution is 2.21. The number of nitrogens with zero attached hydrogens (tertiary/aromatic N) is 3. The van der Waals surface area contributed by atoms with E-state index in [9.17, 15) is 4.79 Å². The Balaban J connectivity index is 2.06. The minimum absolute atomic E-state index is 0.0995. The molecule has 0 aromatic heterocycles. The van der Waals surface area contributed by atoms with Gasteiger partial charge in [0.15, 0.2) is 0 Å². The largest absolute Gasteiger partial charge is 0.377 e. The third-order valence-corrected chi connectivity index (χ3v) is 3.94. The van der Waals surface area contributed by atoms with Crippen LogP contribution in [0.3, 0.4) is 0 Å². The number of hydrogen-bond acceptors (Lipinski definition) is 4. The maximum atomic E-state index is 12.8. The number of carbonyl (C=O) groups is 1. The minimum Gasteiger partial charge on any atom is -0.377 e. The smallest absolute Gasteiger partial charge is 0.256 e. The second-order valence-electron chi connectivity index (χ2n) is 6.25. The van der Waals surface area contributed by atoms with Gasteiger partial charge in [0.25, 0.3) is 5.91 Å². The molecule has 0 N–H and O–H groups in total. The SMILES string of the molecule is CN(C)CC[C@H]1CN(C(=O)c2ccccc2N(C)C)CCO1. The van der Waals surface area contributed by atoms with Crippen molar-refractivity contribution in [2.45, 2.75) is 12.5 Å². The van der Waals surface area contributed by atoms with Crippen LogP contribution in [0.15, 0.2) is 24.3 Å².